The van der Waals surface area contributed by atoms with Crippen molar-refractivity contribution in [3.63, 3.8) is 0 Å². The Kier molecular flexibility index (Phi) is 3.70. The van der Waals surface area contributed by atoms with Gasteiger partial charge in [0.25, 0.3) is 0 Å². The number of nitrogens with zero attached hydrogens (tertiary/aromatic N) is 1. The van der Waals surface area contributed by atoms with Gasteiger partial charge in [-0.05, 0) is 76.6 Å². The van der Waals surface area contributed by atoms with E-state index in [9.17, 15) is 10.2 Å². The highest BCUT2D eigenvalue weighted by Gasteiger charge is 2.67. The smallest absolute Gasteiger partial charge is 0.165 e. The second-order valence-electron chi connectivity index (χ2n) is 9.82. The highest BCUT2D eigenvalue weighted by molar-refractivity contribution is 5.61. The van der Waals surface area contributed by atoms with Crippen molar-refractivity contribution < 1.29 is 19.7 Å². The number of aliphatic hydroxyl groups is 2. The van der Waals surface area contributed by atoms with Gasteiger partial charge in [0.2, 0.25) is 0 Å². The molecule has 27 heavy (non-hydrogen) atoms. The van der Waals surface area contributed by atoms with E-state index in [-0.39, 0.29) is 17.4 Å². The zero-order valence-corrected chi connectivity index (χ0v) is 16.7. The molecular formula is C22H31NO4. The van der Waals surface area contributed by atoms with Gasteiger partial charge in [-0.25, -0.2) is 0 Å². The van der Waals surface area contributed by atoms with Gasteiger partial charge in [0.05, 0.1) is 18.8 Å². The van der Waals surface area contributed by atoms with Gasteiger partial charge in [-0.15, -0.1) is 0 Å². The zero-order chi connectivity index (χ0) is 19.1. The lowest BCUT2D eigenvalue weighted by Crippen LogP contribution is -2.68. The summed E-state index contributed by atoms with van der Waals surface area (Å²) < 4.78 is 12.1. The van der Waals surface area contributed by atoms with Gasteiger partial charge in [-0.3, -0.25) is 0 Å². The molecule has 2 aliphatic heterocycles. The molecule has 1 spiro atoms. The summed E-state index contributed by atoms with van der Waals surface area (Å²) in [6.07, 6.45) is 2.75. The summed E-state index contributed by atoms with van der Waals surface area (Å²) in [6.45, 7) is 4.70. The molecule has 0 amide bonds. The number of benzene rings is 1. The fourth-order valence-corrected chi connectivity index (χ4v) is 6.79. The van der Waals surface area contributed by atoms with Crippen molar-refractivity contribution in [1.82, 2.24) is 4.90 Å². The number of likely N-dealkylation sites (tertiary alicyclic amines) is 1. The van der Waals surface area contributed by atoms with Crippen LogP contribution < -0.4 is 9.47 Å². The molecule has 0 aromatic heterocycles. The quantitative estimate of drug-likeness (QED) is 0.850. The molecule has 0 radical (unpaired) electrons. The minimum atomic E-state index is -0.792. The third-order valence-electron chi connectivity index (χ3n) is 7.76. The van der Waals surface area contributed by atoms with Crippen molar-refractivity contribution >= 4 is 0 Å². The van der Waals surface area contributed by atoms with E-state index in [0.717, 1.165) is 37.3 Å². The monoisotopic (exact) mass is 373 g/mol. The molecule has 2 heterocycles. The van der Waals surface area contributed by atoms with Crippen LogP contribution in [0.15, 0.2) is 12.1 Å². The van der Waals surface area contributed by atoms with Crippen molar-refractivity contribution in [2.75, 3.05) is 20.7 Å². The fraction of sp³-hybridized carbons (Fsp3) is 0.727. The highest BCUT2D eigenvalue weighted by atomic mass is 16.5. The van der Waals surface area contributed by atoms with Crippen LogP contribution in [0.3, 0.4) is 0 Å². The van der Waals surface area contributed by atoms with Gasteiger partial charge >= 0.3 is 0 Å². The Morgan fingerprint density at radius 3 is 2.85 bits per heavy atom. The molecule has 148 valence electrons. The number of piperidine rings is 1. The number of ether oxygens (including phenoxy) is 2. The van der Waals surface area contributed by atoms with Crippen LogP contribution >= 0.6 is 0 Å². The SMILES string of the molecule is COc1ccc2c3c1O[C@H]1[C@@H](O)[C@@H](CC(C)(C)O)CC4C(C2)N(C)CCC341. The zero-order valence-electron chi connectivity index (χ0n) is 16.7. The first-order valence-corrected chi connectivity index (χ1v) is 10.2. The van der Waals surface area contributed by atoms with Crippen LogP contribution in [0.2, 0.25) is 0 Å². The minimum absolute atomic E-state index is 0.0454. The van der Waals surface area contributed by atoms with Crippen LogP contribution in [-0.4, -0.2) is 59.7 Å². The van der Waals surface area contributed by atoms with Gasteiger partial charge in [-0.2, -0.15) is 0 Å². The summed E-state index contributed by atoms with van der Waals surface area (Å²) in [5.41, 5.74) is 1.75. The summed E-state index contributed by atoms with van der Waals surface area (Å²) in [5, 5.41) is 21.8. The van der Waals surface area contributed by atoms with E-state index >= 15 is 0 Å². The lowest BCUT2D eigenvalue weighted by atomic mass is 9.49. The highest BCUT2D eigenvalue weighted by Crippen LogP contribution is 2.64. The summed E-state index contributed by atoms with van der Waals surface area (Å²) in [4.78, 5) is 2.50. The predicted molar refractivity (Wildman–Crippen MR) is 102 cm³/mol. The summed E-state index contributed by atoms with van der Waals surface area (Å²) >= 11 is 0. The molecule has 1 aromatic rings. The first-order chi connectivity index (χ1) is 12.8. The Labute approximate surface area is 161 Å². The number of rotatable bonds is 3. The van der Waals surface area contributed by atoms with E-state index in [0.29, 0.717) is 18.4 Å². The Morgan fingerprint density at radius 1 is 1.37 bits per heavy atom. The molecular weight excluding hydrogens is 342 g/mol. The van der Waals surface area contributed by atoms with Gasteiger partial charge in [0.1, 0.15) is 6.10 Å². The first-order valence-electron chi connectivity index (χ1n) is 10.2. The van der Waals surface area contributed by atoms with E-state index < -0.39 is 11.7 Å². The molecule has 1 saturated heterocycles. The second-order valence-corrected chi connectivity index (χ2v) is 9.82. The van der Waals surface area contributed by atoms with Crippen LogP contribution in [0.4, 0.5) is 0 Å². The second kappa shape index (κ2) is 5.62. The number of hydrogen-bond acceptors (Lipinski definition) is 5. The van der Waals surface area contributed by atoms with Crippen LogP contribution in [0.25, 0.3) is 0 Å². The number of hydrogen-bond donors (Lipinski definition) is 2. The summed E-state index contributed by atoms with van der Waals surface area (Å²) in [5.74, 6) is 2.12. The van der Waals surface area contributed by atoms with Crippen LogP contribution in [-0.2, 0) is 11.8 Å². The Hall–Kier alpha value is -1.30. The predicted octanol–water partition coefficient (Wildman–Crippen LogP) is 2.11. The van der Waals surface area contributed by atoms with Gasteiger partial charge in [0, 0.05) is 17.0 Å². The molecule has 4 aliphatic rings. The van der Waals surface area contributed by atoms with Gasteiger partial charge < -0.3 is 24.6 Å². The molecule has 2 N–H and O–H groups in total. The third-order valence-corrected chi connectivity index (χ3v) is 7.76. The maximum absolute atomic E-state index is 11.4. The number of aliphatic hydroxyl groups excluding tert-OH is 1. The van der Waals surface area contributed by atoms with Gasteiger partial charge in [0.15, 0.2) is 11.5 Å². The average molecular weight is 373 g/mol. The molecule has 2 fully saturated rings. The maximum atomic E-state index is 11.4. The van der Waals surface area contributed by atoms with Crippen LogP contribution in [0, 0.1) is 11.8 Å². The van der Waals surface area contributed by atoms with Crippen molar-refractivity contribution in [2.24, 2.45) is 11.8 Å². The summed E-state index contributed by atoms with van der Waals surface area (Å²) in [7, 11) is 3.92. The Morgan fingerprint density at radius 2 is 2.15 bits per heavy atom. The van der Waals surface area contributed by atoms with Gasteiger partial charge in [-0.1, -0.05) is 6.07 Å². The van der Waals surface area contributed by atoms with E-state index in [4.69, 9.17) is 9.47 Å². The largest absolute Gasteiger partial charge is 0.493 e. The fourth-order valence-electron chi connectivity index (χ4n) is 6.79. The molecule has 6 atom stereocenters. The molecule has 5 nitrogen and oxygen atoms in total. The minimum Gasteiger partial charge on any atom is -0.493 e. The standard InChI is InChI=1S/C22H31NO4/c1-21(2,25)11-13-9-14-15-10-12-5-6-16(26-4)19-17(12)22(14,7-8-23(15)3)20(27-19)18(13)24/h5-6,13-15,18,20,24-25H,7-11H2,1-4H3/t13-,14?,15?,18+,20+,22?/m1/s1. The maximum Gasteiger partial charge on any atom is 0.165 e. The normalized spacial score (nSPS) is 39.7. The van der Waals surface area contributed by atoms with Crippen LogP contribution in [0.5, 0.6) is 11.5 Å². The first kappa shape index (κ1) is 17.8. The number of methoxy groups -OCH3 is 1. The lowest BCUT2D eigenvalue weighted by Gasteiger charge is -2.60. The molecule has 3 unspecified atom stereocenters. The molecule has 2 bridgehead atoms. The average Bonchev–Trinajstić information content (AvgIpc) is 2.95. The molecule has 5 rings (SSSR count). The Bertz CT molecular complexity index is 772. The van der Waals surface area contributed by atoms with E-state index in [1.165, 1.54) is 11.1 Å². The Balaban J connectivity index is 1.67. The molecule has 2 aliphatic carbocycles. The van der Waals surface area contributed by atoms with Crippen molar-refractivity contribution in [2.45, 2.75) is 68.8 Å². The summed E-state index contributed by atoms with van der Waals surface area (Å²) in [6, 6.07) is 4.68. The molecule has 1 aromatic carbocycles. The van der Waals surface area contributed by atoms with E-state index in [2.05, 4.69) is 18.0 Å². The van der Waals surface area contributed by atoms with Crippen LogP contribution in [0.1, 0.15) is 44.2 Å². The molecule has 5 heteroatoms. The number of likely N-dealkylation sites (N-methyl/N-ethyl adjacent to an activating group) is 1. The molecule has 1 saturated carbocycles. The van der Waals surface area contributed by atoms with E-state index in [1.54, 1.807) is 7.11 Å². The van der Waals surface area contributed by atoms with Crippen molar-refractivity contribution in [1.29, 1.82) is 0 Å². The lowest BCUT2D eigenvalue weighted by molar-refractivity contribution is -0.137. The topological polar surface area (TPSA) is 62.2 Å². The van der Waals surface area contributed by atoms with Crippen molar-refractivity contribution in [3.8, 4) is 11.5 Å². The van der Waals surface area contributed by atoms with Crippen molar-refractivity contribution in [3.05, 3.63) is 23.3 Å². The van der Waals surface area contributed by atoms with E-state index in [1.807, 2.05) is 19.9 Å². The third kappa shape index (κ3) is 2.28.